The quantitative estimate of drug-likeness (QED) is 0.826. The predicted molar refractivity (Wildman–Crippen MR) is 68.7 cm³/mol. The molecule has 0 bridgehead atoms. The Balaban J connectivity index is 2.24. The molecule has 1 fully saturated rings. The molecule has 0 spiro atoms. The fourth-order valence-corrected chi connectivity index (χ4v) is 2.51. The van der Waals surface area contributed by atoms with Crippen LogP contribution in [0.3, 0.4) is 0 Å². The average molecular weight is 249 g/mol. The molecule has 1 aliphatic heterocycles. The highest BCUT2D eigenvalue weighted by Gasteiger charge is 2.32. The fraction of sp³-hybridized carbons (Fsp3) is 0.500. The van der Waals surface area contributed by atoms with Crippen molar-refractivity contribution in [1.82, 2.24) is 5.32 Å². The highest BCUT2D eigenvalue weighted by atomic mass is 16.5. The maximum absolute atomic E-state index is 11.8. The van der Waals surface area contributed by atoms with Crippen molar-refractivity contribution in [2.75, 3.05) is 27.3 Å². The Labute approximate surface area is 107 Å². The number of rotatable bonds is 3. The summed E-state index contributed by atoms with van der Waals surface area (Å²) in [6, 6.07) is 7.90. The molecular formula is C14H19NO3. The summed E-state index contributed by atoms with van der Waals surface area (Å²) in [4.78, 5) is 11.8. The summed E-state index contributed by atoms with van der Waals surface area (Å²) >= 11 is 0. The van der Waals surface area contributed by atoms with E-state index in [1.54, 1.807) is 7.11 Å². The van der Waals surface area contributed by atoms with Crippen LogP contribution in [-0.4, -0.2) is 33.3 Å². The van der Waals surface area contributed by atoms with Gasteiger partial charge in [-0.15, -0.1) is 0 Å². The molecule has 0 saturated carbocycles. The van der Waals surface area contributed by atoms with Crippen molar-refractivity contribution in [3.8, 4) is 5.75 Å². The zero-order valence-electron chi connectivity index (χ0n) is 10.8. The molecule has 1 aromatic carbocycles. The Hall–Kier alpha value is -1.55. The van der Waals surface area contributed by atoms with Gasteiger partial charge < -0.3 is 14.8 Å². The SMILES string of the molecule is COC(=O)[C@@H]1CCNC[C@H]1c1cccc(OC)c1. The van der Waals surface area contributed by atoms with E-state index in [0.717, 1.165) is 30.8 Å². The van der Waals surface area contributed by atoms with Gasteiger partial charge in [-0.25, -0.2) is 0 Å². The Kier molecular flexibility index (Phi) is 4.20. The lowest BCUT2D eigenvalue weighted by molar-refractivity contribution is -0.147. The second kappa shape index (κ2) is 5.87. The lowest BCUT2D eigenvalue weighted by Crippen LogP contribution is -2.39. The number of ether oxygens (including phenoxy) is 2. The molecule has 0 aliphatic carbocycles. The summed E-state index contributed by atoms with van der Waals surface area (Å²) in [6.45, 7) is 1.66. The van der Waals surface area contributed by atoms with Gasteiger partial charge in [0.1, 0.15) is 5.75 Å². The highest BCUT2D eigenvalue weighted by Crippen LogP contribution is 2.31. The van der Waals surface area contributed by atoms with Crippen molar-refractivity contribution in [1.29, 1.82) is 0 Å². The molecule has 0 amide bonds. The first-order chi connectivity index (χ1) is 8.76. The van der Waals surface area contributed by atoms with Crippen LogP contribution in [-0.2, 0) is 9.53 Å². The minimum atomic E-state index is -0.121. The number of benzene rings is 1. The van der Waals surface area contributed by atoms with Crippen LogP contribution in [0.25, 0.3) is 0 Å². The van der Waals surface area contributed by atoms with Crippen LogP contribution in [0.4, 0.5) is 0 Å². The Morgan fingerprint density at radius 2 is 2.22 bits per heavy atom. The third kappa shape index (κ3) is 2.64. The molecular weight excluding hydrogens is 230 g/mol. The standard InChI is InChI=1S/C14H19NO3/c1-17-11-5-3-4-10(8-11)13-9-15-7-6-12(13)14(16)18-2/h3-5,8,12-13,15H,6-7,9H2,1-2H3/t12-,13+/m1/s1. The minimum absolute atomic E-state index is 0.0663. The van der Waals surface area contributed by atoms with E-state index in [2.05, 4.69) is 5.32 Å². The first kappa shape index (κ1) is 12.9. The first-order valence-corrected chi connectivity index (χ1v) is 6.18. The van der Waals surface area contributed by atoms with Crippen molar-refractivity contribution in [3.63, 3.8) is 0 Å². The van der Waals surface area contributed by atoms with Crippen LogP contribution in [0.1, 0.15) is 17.9 Å². The number of hydrogen-bond donors (Lipinski definition) is 1. The van der Waals surface area contributed by atoms with Crippen LogP contribution in [0.2, 0.25) is 0 Å². The van der Waals surface area contributed by atoms with E-state index in [4.69, 9.17) is 9.47 Å². The number of nitrogens with one attached hydrogen (secondary N) is 1. The van der Waals surface area contributed by atoms with Crippen LogP contribution in [0.15, 0.2) is 24.3 Å². The molecule has 1 aliphatic rings. The van der Waals surface area contributed by atoms with E-state index < -0.39 is 0 Å². The van der Waals surface area contributed by atoms with Gasteiger partial charge in [0.05, 0.1) is 20.1 Å². The smallest absolute Gasteiger partial charge is 0.309 e. The monoisotopic (exact) mass is 249 g/mol. The molecule has 4 heteroatoms. The summed E-state index contributed by atoms with van der Waals surface area (Å²) in [5.74, 6) is 0.788. The van der Waals surface area contributed by atoms with Gasteiger partial charge in [-0.2, -0.15) is 0 Å². The van der Waals surface area contributed by atoms with Crippen LogP contribution < -0.4 is 10.1 Å². The van der Waals surface area contributed by atoms with Crippen molar-refractivity contribution in [2.24, 2.45) is 5.92 Å². The molecule has 98 valence electrons. The predicted octanol–water partition coefficient (Wildman–Crippen LogP) is 1.56. The van der Waals surface area contributed by atoms with Crippen molar-refractivity contribution in [3.05, 3.63) is 29.8 Å². The van der Waals surface area contributed by atoms with Gasteiger partial charge in [0.2, 0.25) is 0 Å². The highest BCUT2D eigenvalue weighted by molar-refractivity contribution is 5.74. The van der Waals surface area contributed by atoms with Gasteiger partial charge in [0.25, 0.3) is 0 Å². The van der Waals surface area contributed by atoms with E-state index in [-0.39, 0.29) is 17.8 Å². The largest absolute Gasteiger partial charge is 0.497 e. The van der Waals surface area contributed by atoms with Crippen molar-refractivity contribution >= 4 is 5.97 Å². The van der Waals surface area contributed by atoms with Gasteiger partial charge in [-0.1, -0.05) is 12.1 Å². The Bertz CT molecular complexity index is 419. The number of methoxy groups -OCH3 is 2. The molecule has 4 nitrogen and oxygen atoms in total. The van der Waals surface area contributed by atoms with Gasteiger partial charge in [-0.05, 0) is 30.7 Å². The summed E-state index contributed by atoms with van der Waals surface area (Å²) < 4.78 is 10.1. The summed E-state index contributed by atoms with van der Waals surface area (Å²) in [5, 5.41) is 3.33. The summed E-state index contributed by atoms with van der Waals surface area (Å²) in [7, 11) is 3.10. The zero-order valence-corrected chi connectivity index (χ0v) is 10.8. The minimum Gasteiger partial charge on any atom is -0.497 e. The Morgan fingerprint density at radius 3 is 2.94 bits per heavy atom. The third-order valence-corrected chi connectivity index (χ3v) is 3.51. The van der Waals surface area contributed by atoms with Gasteiger partial charge in [0, 0.05) is 12.5 Å². The second-order valence-corrected chi connectivity index (χ2v) is 4.51. The van der Waals surface area contributed by atoms with Crippen molar-refractivity contribution in [2.45, 2.75) is 12.3 Å². The molecule has 0 unspecified atom stereocenters. The van der Waals surface area contributed by atoms with E-state index in [1.807, 2.05) is 24.3 Å². The molecule has 1 N–H and O–H groups in total. The second-order valence-electron chi connectivity index (χ2n) is 4.51. The van der Waals surface area contributed by atoms with Crippen LogP contribution >= 0.6 is 0 Å². The van der Waals surface area contributed by atoms with E-state index in [0.29, 0.717) is 0 Å². The third-order valence-electron chi connectivity index (χ3n) is 3.51. The van der Waals surface area contributed by atoms with Crippen molar-refractivity contribution < 1.29 is 14.3 Å². The van der Waals surface area contributed by atoms with Gasteiger partial charge in [0.15, 0.2) is 0 Å². The normalized spacial score (nSPS) is 23.4. The molecule has 18 heavy (non-hydrogen) atoms. The van der Waals surface area contributed by atoms with Crippen LogP contribution in [0.5, 0.6) is 5.75 Å². The molecule has 1 heterocycles. The maximum atomic E-state index is 11.8. The molecule has 0 aromatic heterocycles. The zero-order chi connectivity index (χ0) is 13.0. The van der Waals surface area contributed by atoms with E-state index >= 15 is 0 Å². The number of carbonyl (C=O) groups excluding carboxylic acids is 1. The van der Waals surface area contributed by atoms with Crippen LogP contribution in [0, 0.1) is 5.92 Å². The lowest BCUT2D eigenvalue weighted by atomic mass is 9.81. The molecule has 2 atom stereocenters. The summed E-state index contributed by atoms with van der Waals surface area (Å²) in [6.07, 6.45) is 0.814. The van der Waals surface area contributed by atoms with Gasteiger partial charge >= 0.3 is 5.97 Å². The van der Waals surface area contributed by atoms with Gasteiger partial charge in [-0.3, -0.25) is 4.79 Å². The molecule has 1 saturated heterocycles. The number of piperidine rings is 1. The molecule has 1 aromatic rings. The number of carbonyl (C=O) groups is 1. The van der Waals surface area contributed by atoms with E-state index in [9.17, 15) is 4.79 Å². The average Bonchev–Trinajstić information content (AvgIpc) is 2.46. The fourth-order valence-electron chi connectivity index (χ4n) is 2.51. The summed E-state index contributed by atoms with van der Waals surface area (Å²) in [5.41, 5.74) is 1.12. The molecule has 2 rings (SSSR count). The van der Waals surface area contributed by atoms with E-state index in [1.165, 1.54) is 7.11 Å². The first-order valence-electron chi connectivity index (χ1n) is 6.18. The lowest BCUT2D eigenvalue weighted by Gasteiger charge is -2.30. The topological polar surface area (TPSA) is 47.6 Å². The molecule has 0 radical (unpaired) electrons. The number of hydrogen-bond acceptors (Lipinski definition) is 4. The number of esters is 1. The maximum Gasteiger partial charge on any atom is 0.309 e. The Morgan fingerprint density at radius 1 is 1.39 bits per heavy atom.